The monoisotopic (exact) mass is 481 g/mol. The van der Waals surface area contributed by atoms with Crippen LogP contribution in [0, 0.1) is 12.8 Å². The van der Waals surface area contributed by atoms with Gasteiger partial charge in [-0.25, -0.2) is 9.97 Å². The molecule has 8 nitrogen and oxygen atoms in total. The van der Waals surface area contributed by atoms with Crippen molar-refractivity contribution in [3.63, 3.8) is 0 Å². The number of rotatable bonds is 6. The lowest BCUT2D eigenvalue weighted by atomic mass is 9.87. The van der Waals surface area contributed by atoms with E-state index in [4.69, 9.17) is 14.7 Å². The normalized spacial score (nSPS) is 25.0. The van der Waals surface area contributed by atoms with Crippen molar-refractivity contribution >= 4 is 27.6 Å². The van der Waals surface area contributed by atoms with Crippen molar-refractivity contribution in [1.29, 1.82) is 0 Å². The predicted octanol–water partition coefficient (Wildman–Crippen LogP) is 4.21. The number of likely N-dealkylation sites (tertiary alicyclic amines) is 1. The topological polar surface area (TPSA) is 81.0 Å². The number of aromatic nitrogens is 5. The van der Waals surface area contributed by atoms with Gasteiger partial charge in [0.15, 0.2) is 0 Å². The fraction of sp³-hybridized carbons (Fsp3) is 0.680. The fourth-order valence-corrected chi connectivity index (χ4v) is 6.64. The summed E-state index contributed by atoms with van der Waals surface area (Å²) < 4.78 is 12.2. The maximum Gasteiger partial charge on any atom is 0.149 e. The Morgan fingerprint density at radius 2 is 1.85 bits per heavy atom. The summed E-state index contributed by atoms with van der Waals surface area (Å²) in [6.07, 6.45) is 11.8. The van der Waals surface area contributed by atoms with Crippen molar-refractivity contribution in [2.24, 2.45) is 5.92 Å². The first kappa shape index (κ1) is 22.4. The zero-order valence-electron chi connectivity index (χ0n) is 20.2. The molecular formula is C25H35N7OS. The van der Waals surface area contributed by atoms with Crippen molar-refractivity contribution in [3.8, 4) is 0 Å². The van der Waals surface area contributed by atoms with E-state index in [1.54, 1.807) is 0 Å². The van der Waals surface area contributed by atoms with Gasteiger partial charge in [0.25, 0.3) is 0 Å². The molecule has 9 heteroatoms. The van der Waals surface area contributed by atoms with Gasteiger partial charge in [-0.3, -0.25) is 9.58 Å². The average Bonchev–Trinajstić information content (AvgIpc) is 3.45. The van der Waals surface area contributed by atoms with E-state index in [1.807, 2.05) is 6.20 Å². The van der Waals surface area contributed by atoms with E-state index in [2.05, 4.69) is 44.4 Å². The highest BCUT2D eigenvalue weighted by Gasteiger charge is 2.32. The Kier molecular flexibility index (Phi) is 6.26. The minimum absolute atomic E-state index is 0.432. The number of aryl methyl sites for hydroxylation is 1. The number of fused-ring (bicyclic) bond motifs is 1. The molecule has 0 amide bonds. The molecule has 5 heterocycles. The Morgan fingerprint density at radius 3 is 2.62 bits per heavy atom. The Hall–Kier alpha value is -2.10. The molecule has 1 saturated carbocycles. The second-order valence-corrected chi connectivity index (χ2v) is 11.2. The molecule has 3 aromatic heterocycles. The van der Waals surface area contributed by atoms with Crippen LogP contribution in [0.15, 0.2) is 12.4 Å². The molecule has 3 fully saturated rings. The number of ether oxygens (including phenoxy) is 1. The molecule has 0 aromatic carbocycles. The van der Waals surface area contributed by atoms with E-state index in [0.29, 0.717) is 18.5 Å². The number of nitrogens with zero attached hydrogens (tertiary/aromatic N) is 6. The Bertz CT molecular complexity index is 1120. The van der Waals surface area contributed by atoms with Gasteiger partial charge < -0.3 is 10.1 Å². The third-order valence-corrected chi connectivity index (χ3v) is 8.61. The minimum Gasteiger partial charge on any atom is -0.381 e. The van der Waals surface area contributed by atoms with Crippen molar-refractivity contribution < 1.29 is 4.74 Å². The minimum atomic E-state index is 0.432. The van der Waals surface area contributed by atoms with Gasteiger partial charge in [0, 0.05) is 51.0 Å². The highest BCUT2D eigenvalue weighted by molar-refractivity contribution is 7.13. The van der Waals surface area contributed by atoms with Gasteiger partial charge in [-0.2, -0.15) is 9.47 Å². The Labute approximate surface area is 205 Å². The van der Waals surface area contributed by atoms with E-state index < -0.39 is 0 Å². The molecule has 0 unspecified atom stereocenters. The number of anilines is 1. The van der Waals surface area contributed by atoms with Gasteiger partial charge >= 0.3 is 0 Å². The van der Waals surface area contributed by atoms with Crippen LogP contribution in [-0.2, 0) is 11.2 Å². The molecule has 1 aliphatic carbocycles. The number of hydrogen-bond acceptors (Lipinski definition) is 8. The first-order chi connectivity index (χ1) is 16.6. The molecule has 2 saturated heterocycles. The van der Waals surface area contributed by atoms with Gasteiger partial charge in [0.1, 0.15) is 16.5 Å². The van der Waals surface area contributed by atoms with Crippen molar-refractivity contribution in [1.82, 2.24) is 29.0 Å². The quantitative estimate of drug-likeness (QED) is 0.565. The molecule has 182 valence electrons. The summed E-state index contributed by atoms with van der Waals surface area (Å²) in [4.78, 5) is 13.5. The van der Waals surface area contributed by atoms with E-state index in [-0.39, 0.29) is 0 Å². The van der Waals surface area contributed by atoms with E-state index in [1.165, 1.54) is 50.3 Å². The Morgan fingerprint density at radius 1 is 1.06 bits per heavy atom. The third kappa shape index (κ3) is 4.57. The summed E-state index contributed by atoms with van der Waals surface area (Å²) in [7, 11) is 0. The smallest absolute Gasteiger partial charge is 0.149 e. The van der Waals surface area contributed by atoms with Crippen LogP contribution >= 0.6 is 11.5 Å². The zero-order valence-corrected chi connectivity index (χ0v) is 21.1. The molecule has 34 heavy (non-hydrogen) atoms. The molecule has 0 atom stereocenters. The summed E-state index contributed by atoms with van der Waals surface area (Å²) in [5.41, 5.74) is 2.17. The summed E-state index contributed by atoms with van der Waals surface area (Å²) in [6.45, 7) is 8.62. The Balaban J connectivity index is 1.16. The lowest BCUT2D eigenvalue weighted by Gasteiger charge is -2.45. The van der Waals surface area contributed by atoms with Crippen molar-refractivity contribution in [2.75, 3.05) is 31.6 Å². The number of hydrogen-bond donors (Lipinski definition) is 1. The molecule has 0 radical (unpaired) electrons. The van der Waals surface area contributed by atoms with Crippen LogP contribution in [0.5, 0.6) is 0 Å². The number of nitrogens with one attached hydrogen (secondary N) is 1. The average molecular weight is 482 g/mol. The van der Waals surface area contributed by atoms with Crippen LogP contribution in [0.3, 0.4) is 0 Å². The van der Waals surface area contributed by atoms with Crippen LogP contribution in [0.1, 0.15) is 68.6 Å². The highest BCUT2D eigenvalue weighted by Crippen LogP contribution is 2.33. The molecule has 3 aromatic rings. The van der Waals surface area contributed by atoms with E-state index in [9.17, 15) is 0 Å². The standard InChI is InChI=1S/C25H35N7OS/c1-16-13-31(14-16)20-5-3-19(4-6-20)27-24-23-17(2)30-34-25(23)29-22(28-24)11-18-12-26-32(15-18)21-7-9-33-10-8-21/h12,15-16,19-21H,3-11,13-14H2,1-2H3,(H,27,28,29). The van der Waals surface area contributed by atoms with Gasteiger partial charge in [-0.15, -0.1) is 0 Å². The molecule has 0 bridgehead atoms. The van der Waals surface area contributed by atoms with E-state index >= 15 is 0 Å². The van der Waals surface area contributed by atoms with Crippen LogP contribution < -0.4 is 5.32 Å². The van der Waals surface area contributed by atoms with Crippen LogP contribution in [0.4, 0.5) is 5.82 Å². The molecule has 0 spiro atoms. The second-order valence-electron chi connectivity index (χ2n) is 10.5. The second kappa shape index (κ2) is 9.51. The summed E-state index contributed by atoms with van der Waals surface area (Å²) in [5.74, 6) is 2.68. The maximum absolute atomic E-state index is 5.50. The lowest BCUT2D eigenvalue weighted by molar-refractivity contribution is 0.0424. The van der Waals surface area contributed by atoms with Gasteiger partial charge in [0.05, 0.1) is 23.3 Å². The van der Waals surface area contributed by atoms with E-state index in [0.717, 1.165) is 71.1 Å². The summed E-state index contributed by atoms with van der Waals surface area (Å²) >= 11 is 1.48. The first-order valence-corrected chi connectivity index (χ1v) is 13.6. The lowest BCUT2D eigenvalue weighted by Crippen LogP contribution is -2.52. The van der Waals surface area contributed by atoms with Crippen LogP contribution in [0.25, 0.3) is 10.2 Å². The third-order valence-electron chi connectivity index (χ3n) is 7.78. The molecule has 3 aliphatic rings. The molecular weight excluding hydrogens is 446 g/mol. The van der Waals surface area contributed by atoms with Crippen LogP contribution in [-0.4, -0.2) is 67.4 Å². The molecule has 2 aliphatic heterocycles. The van der Waals surface area contributed by atoms with Gasteiger partial charge in [0.2, 0.25) is 0 Å². The summed E-state index contributed by atoms with van der Waals surface area (Å²) in [6, 6.07) is 1.67. The predicted molar refractivity (Wildman–Crippen MR) is 134 cm³/mol. The largest absolute Gasteiger partial charge is 0.381 e. The fourth-order valence-electron chi connectivity index (χ4n) is 5.84. The van der Waals surface area contributed by atoms with Crippen molar-refractivity contribution in [3.05, 3.63) is 29.5 Å². The molecule has 1 N–H and O–H groups in total. The maximum atomic E-state index is 5.50. The zero-order chi connectivity index (χ0) is 23.1. The summed E-state index contributed by atoms with van der Waals surface area (Å²) in [5, 5.41) is 9.52. The van der Waals surface area contributed by atoms with Gasteiger partial charge in [-0.1, -0.05) is 6.92 Å². The molecule has 6 rings (SSSR count). The highest BCUT2D eigenvalue weighted by atomic mass is 32.1. The van der Waals surface area contributed by atoms with Gasteiger partial charge in [-0.05, 0) is 68.5 Å². The SMILES string of the molecule is Cc1nsc2nc(Cc3cnn(C4CCOCC4)c3)nc(NC3CCC(N4CC(C)C4)CC3)c12. The van der Waals surface area contributed by atoms with Crippen LogP contribution in [0.2, 0.25) is 0 Å². The first-order valence-electron chi connectivity index (χ1n) is 12.9. The van der Waals surface area contributed by atoms with Crippen molar-refractivity contribution in [2.45, 2.75) is 76.9 Å².